The lowest BCUT2D eigenvalue weighted by Crippen LogP contribution is -2.45. The Labute approximate surface area is 210 Å². The number of carboxylic acids is 1. The van der Waals surface area contributed by atoms with E-state index in [4.69, 9.17) is 4.74 Å². The van der Waals surface area contributed by atoms with Gasteiger partial charge < -0.3 is 20.3 Å². The van der Waals surface area contributed by atoms with Gasteiger partial charge in [0.15, 0.2) is 0 Å². The van der Waals surface area contributed by atoms with Crippen LogP contribution in [0.15, 0.2) is 42.5 Å². The summed E-state index contributed by atoms with van der Waals surface area (Å²) >= 11 is 0. The number of aliphatic hydroxyl groups is 1. The predicted molar refractivity (Wildman–Crippen MR) is 142 cm³/mol. The van der Waals surface area contributed by atoms with Crippen molar-refractivity contribution < 1.29 is 19.7 Å². The molecule has 2 aromatic carbocycles. The molecule has 1 saturated carbocycles. The van der Waals surface area contributed by atoms with E-state index in [-0.39, 0.29) is 18.2 Å². The quantitative estimate of drug-likeness (QED) is 0.318. The molecule has 5 nitrogen and oxygen atoms in total. The van der Waals surface area contributed by atoms with E-state index in [2.05, 4.69) is 19.2 Å². The van der Waals surface area contributed by atoms with Crippen LogP contribution in [0.4, 0.5) is 0 Å². The van der Waals surface area contributed by atoms with Gasteiger partial charge in [0, 0.05) is 12.1 Å². The van der Waals surface area contributed by atoms with E-state index in [9.17, 15) is 15.0 Å². The molecule has 192 valence electrons. The van der Waals surface area contributed by atoms with E-state index < -0.39 is 12.1 Å². The minimum absolute atomic E-state index is 0.00578. The van der Waals surface area contributed by atoms with Crippen molar-refractivity contribution >= 4 is 5.97 Å². The first-order chi connectivity index (χ1) is 16.7. The van der Waals surface area contributed by atoms with Crippen molar-refractivity contribution in [3.63, 3.8) is 0 Å². The molecule has 2 atom stereocenters. The molecule has 1 fully saturated rings. The summed E-state index contributed by atoms with van der Waals surface area (Å²) in [6.07, 6.45) is 8.43. The molecule has 0 amide bonds. The largest absolute Gasteiger partial charge is 0.478 e. The third kappa shape index (κ3) is 8.16. The normalized spacial score (nSPS) is 17.1. The van der Waals surface area contributed by atoms with Gasteiger partial charge in [-0.15, -0.1) is 0 Å². The van der Waals surface area contributed by atoms with Crippen LogP contribution in [0.2, 0.25) is 0 Å². The van der Waals surface area contributed by atoms with Gasteiger partial charge in [0.25, 0.3) is 0 Å². The Bertz CT molecular complexity index is 963. The highest BCUT2D eigenvalue weighted by Gasteiger charge is 2.25. The molecule has 3 rings (SSSR count). The Morgan fingerprint density at radius 2 is 1.80 bits per heavy atom. The first-order valence-electron chi connectivity index (χ1n) is 13.1. The van der Waals surface area contributed by atoms with Crippen molar-refractivity contribution in [2.24, 2.45) is 5.92 Å². The second-order valence-corrected chi connectivity index (χ2v) is 10.9. The highest BCUT2D eigenvalue weighted by molar-refractivity contribution is 5.90. The minimum atomic E-state index is -0.918. The zero-order valence-corrected chi connectivity index (χ0v) is 21.8. The number of nitrogens with one attached hydrogen (secondary N) is 1. The smallest absolute Gasteiger partial charge is 0.335 e. The molecule has 1 aliphatic rings. The molecule has 0 radical (unpaired) electrons. The average Bonchev–Trinajstić information content (AvgIpc) is 3.09. The summed E-state index contributed by atoms with van der Waals surface area (Å²) in [7, 11) is 0. The van der Waals surface area contributed by atoms with E-state index in [1.807, 2.05) is 50.2 Å². The van der Waals surface area contributed by atoms with Crippen molar-refractivity contribution in [2.45, 2.75) is 90.4 Å². The van der Waals surface area contributed by atoms with Crippen LogP contribution in [0, 0.1) is 12.8 Å². The molecule has 0 spiro atoms. The van der Waals surface area contributed by atoms with Crippen LogP contribution in [-0.2, 0) is 4.74 Å². The lowest BCUT2D eigenvalue weighted by atomic mass is 9.86. The number of aromatic carboxylic acids is 1. The van der Waals surface area contributed by atoms with Crippen molar-refractivity contribution in [2.75, 3.05) is 13.2 Å². The molecular weight excluding hydrogens is 438 g/mol. The lowest BCUT2D eigenvalue weighted by molar-refractivity contribution is -0.00446. The summed E-state index contributed by atoms with van der Waals surface area (Å²) in [6, 6.07) is 13.4. The predicted octanol–water partition coefficient (Wildman–Crippen LogP) is 6.53. The topological polar surface area (TPSA) is 78.8 Å². The molecule has 0 saturated heterocycles. The number of carbonyl (C=O) groups is 1. The maximum atomic E-state index is 11.4. The number of ether oxygens (including phenoxy) is 1. The first kappa shape index (κ1) is 27.4. The van der Waals surface area contributed by atoms with Crippen LogP contribution in [0.1, 0.15) is 93.3 Å². The fourth-order valence-electron chi connectivity index (χ4n) is 5.35. The van der Waals surface area contributed by atoms with Gasteiger partial charge in [-0.2, -0.15) is 0 Å². The van der Waals surface area contributed by atoms with E-state index in [1.54, 1.807) is 6.07 Å². The molecule has 0 aliphatic heterocycles. The molecule has 5 heteroatoms. The molecule has 0 unspecified atom stereocenters. The van der Waals surface area contributed by atoms with Gasteiger partial charge >= 0.3 is 5.97 Å². The second-order valence-electron chi connectivity index (χ2n) is 10.9. The highest BCUT2D eigenvalue weighted by Crippen LogP contribution is 2.32. The molecule has 0 bridgehead atoms. The van der Waals surface area contributed by atoms with Gasteiger partial charge in [0.2, 0.25) is 0 Å². The van der Waals surface area contributed by atoms with Gasteiger partial charge in [-0.25, -0.2) is 4.79 Å². The summed E-state index contributed by atoms with van der Waals surface area (Å²) < 4.78 is 6.09. The summed E-state index contributed by atoms with van der Waals surface area (Å²) in [5, 5.41) is 23.5. The van der Waals surface area contributed by atoms with Gasteiger partial charge in [-0.1, -0.05) is 74.9 Å². The Morgan fingerprint density at radius 3 is 2.46 bits per heavy atom. The number of hydrogen-bond acceptors (Lipinski definition) is 4. The number of aryl methyl sites for hydroxylation is 1. The van der Waals surface area contributed by atoms with E-state index in [1.165, 1.54) is 38.5 Å². The number of carboxylic acid groups (broad SMARTS) is 1. The first-order valence-corrected chi connectivity index (χ1v) is 13.1. The van der Waals surface area contributed by atoms with Gasteiger partial charge in [0.1, 0.15) is 0 Å². The molecular formula is C30H43NO4. The summed E-state index contributed by atoms with van der Waals surface area (Å²) in [4.78, 5) is 11.4. The van der Waals surface area contributed by atoms with Crippen molar-refractivity contribution in [3.8, 4) is 11.1 Å². The standard InChI is InChI=1S/C30H43NO4/c1-21-17-24(15-16-26(21)29(33)34)28-14-10-9-13-27(28)22(2)35-20-25(32)19-31-30(3,4)18-23-11-7-5-6-8-12-23/h9-10,13-17,22-23,25,31-32H,5-8,11-12,18-20H2,1-4H3,(H,33,34)/t22-,25-/m1/s1. The Hall–Kier alpha value is -2.21. The fraction of sp³-hybridized carbons (Fsp3) is 0.567. The van der Waals surface area contributed by atoms with Crippen LogP contribution in [0.25, 0.3) is 11.1 Å². The van der Waals surface area contributed by atoms with E-state index >= 15 is 0 Å². The number of β-amino-alcohol motifs (C(OH)–C–C–N with tert-alkyl or cyclic N) is 1. The van der Waals surface area contributed by atoms with Crippen LogP contribution in [0.3, 0.4) is 0 Å². The van der Waals surface area contributed by atoms with Crippen LogP contribution in [0.5, 0.6) is 0 Å². The SMILES string of the molecule is Cc1cc(-c2ccccc2[C@@H](C)OC[C@H](O)CNC(C)(C)CC2CCCCCC2)ccc1C(=O)O. The molecule has 0 heterocycles. The summed E-state index contributed by atoms with van der Waals surface area (Å²) in [5.41, 5.74) is 4.02. The number of benzene rings is 2. The van der Waals surface area contributed by atoms with Gasteiger partial charge in [-0.05, 0) is 68.4 Å². The average molecular weight is 482 g/mol. The number of aliphatic hydroxyl groups excluding tert-OH is 1. The Balaban J connectivity index is 1.55. The monoisotopic (exact) mass is 481 g/mol. The Morgan fingerprint density at radius 1 is 1.11 bits per heavy atom. The maximum Gasteiger partial charge on any atom is 0.335 e. The summed E-state index contributed by atoms with van der Waals surface area (Å²) in [6.45, 7) is 9.04. The van der Waals surface area contributed by atoms with Crippen molar-refractivity contribution in [1.82, 2.24) is 5.32 Å². The lowest BCUT2D eigenvalue weighted by Gasteiger charge is -2.32. The fourth-order valence-corrected chi connectivity index (χ4v) is 5.35. The third-order valence-electron chi connectivity index (χ3n) is 7.30. The highest BCUT2D eigenvalue weighted by atomic mass is 16.5. The van der Waals surface area contributed by atoms with Crippen LogP contribution < -0.4 is 5.32 Å². The maximum absolute atomic E-state index is 11.4. The second kappa shape index (κ2) is 12.7. The molecule has 3 N–H and O–H groups in total. The molecule has 2 aromatic rings. The van der Waals surface area contributed by atoms with E-state index in [0.717, 1.165) is 34.6 Å². The van der Waals surface area contributed by atoms with E-state index in [0.29, 0.717) is 12.1 Å². The Kier molecular flexibility index (Phi) is 9.90. The number of rotatable bonds is 11. The zero-order valence-electron chi connectivity index (χ0n) is 21.8. The van der Waals surface area contributed by atoms with Crippen LogP contribution in [-0.4, -0.2) is 41.0 Å². The molecule has 1 aliphatic carbocycles. The summed E-state index contributed by atoms with van der Waals surface area (Å²) in [5.74, 6) is -0.142. The molecule has 35 heavy (non-hydrogen) atoms. The van der Waals surface area contributed by atoms with Crippen LogP contribution >= 0.6 is 0 Å². The van der Waals surface area contributed by atoms with Crippen molar-refractivity contribution in [1.29, 1.82) is 0 Å². The van der Waals surface area contributed by atoms with Crippen molar-refractivity contribution in [3.05, 3.63) is 59.2 Å². The number of hydrogen-bond donors (Lipinski definition) is 3. The minimum Gasteiger partial charge on any atom is -0.478 e. The third-order valence-corrected chi connectivity index (χ3v) is 7.30. The molecule has 0 aromatic heterocycles. The van der Waals surface area contributed by atoms with Gasteiger partial charge in [0.05, 0.1) is 24.4 Å². The zero-order chi connectivity index (χ0) is 25.4. The van der Waals surface area contributed by atoms with Gasteiger partial charge in [-0.3, -0.25) is 0 Å².